The molecule has 36 heavy (non-hydrogen) atoms. The summed E-state index contributed by atoms with van der Waals surface area (Å²) in [4.78, 5) is 28.7. The molecule has 1 N–H and O–H groups in total. The van der Waals surface area contributed by atoms with Gasteiger partial charge < -0.3 is 10.2 Å². The lowest BCUT2D eigenvalue weighted by atomic mass is 10.1. The topological polar surface area (TPSA) is 86.8 Å². The Hall–Kier alpha value is -2.87. The van der Waals surface area contributed by atoms with Crippen molar-refractivity contribution in [1.29, 1.82) is 0 Å². The molecule has 1 atom stereocenters. The summed E-state index contributed by atoms with van der Waals surface area (Å²) in [7, 11) is -3.75. The van der Waals surface area contributed by atoms with Gasteiger partial charge in [-0.25, -0.2) is 8.42 Å². The van der Waals surface area contributed by atoms with Crippen molar-refractivity contribution in [2.75, 3.05) is 17.1 Å². The van der Waals surface area contributed by atoms with Crippen LogP contribution >= 0.6 is 0 Å². The van der Waals surface area contributed by atoms with Gasteiger partial charge in [-0.05, 0) is 68.9 Å². The fourth-order valence-corrected chi connectivity index (χ4v) is 5.84. The van der Waals surface area contributed by atoms with Gasteiger partial charge in [0.05, 0.1) is 11.9 Å². The van der Waals surface area contributed by atoms with E-state index in [0.717, 1.165) is 58.5 Å². The van der Waals surface area contributed by atoms with Crippen molar-refractivity contribution in [3.05, 3.63) is 64.7 Å². The smallest absolute Gasteiger partial charge is 0.244 e. The Balaban J connectivity index is 1.94. The summed E-state index contributed by atoms with van der Waals surface area (Å²) < 4.78 is 26.7. The normalized spacial score (nSPS) is 14.9. The summed E-state index contributed by atoms with van der Waals surface area (Å²) >= 11 is 0. The Morgan fingerprint density at radius 3 is 2.19 bits per heavy atom. The maximum absolute atomic E-state index is 13.8. The van der Waals surface area contributed by atoms with Gasteiger partial charge in [0.1, 0.15) is 12.6 Å². The molecule has 0 saturated heterocycles. The molecule has 0 radical (unpaired) electrons. The van der Waals surface area contributed by atoms with Crippen molar-refractivity contribution in [3.8, 4) is 0 Å². The number of hydrogen-bond acceptors (Lipinski definition) is 4. The number of benzene rings is 2. The van der Waals surface area contributed by atoms with Gasteiger partial charge in [-0.15, -0.1) is 0 Å². The first kappa shape index (κ1) is 27.7. The summed E-state index contributed by atoms with van der Waals surface area (Å²) in [5, 5.41) is 3.13. The highest BCUT2D eigenvalue weighted by molar-refractivity contribution is 7.92. The molecule has 1 aliphatic rings. The molecular weight excluding hydrogens is 474 g/mol. The minimum atomic E-state index is -3.75. The van der Waals surface area contributed by atoms with E-state index in [1.54, 1.807) is 17.0 Å². The van der Waals surface area contributed by atoms with E-state index in [2.05, 4.69) is 5.32 Å². The molecule has 0 spiro atoms. The van der Waals surface area contributed by atoms with E-state index in [9.17, 15) is 18.0 Å². The zero-order chi connectivity index (χ0) is 26.5. The van der Waals surface area contributed by atoms with E-state index in [1.165, 1.54) is 0 Å². The maximum Gasteiger partial charge on any atom is 0.244 e. The van der Waals surface area contributed by atoms with E-state index in [4.69, 9.17) is 0 Å². The Morgan fingerprint density at radius 2 is 1.64 bits per heavy atom. The largest absolute Gasteiger partial charge is 0.352 e. The molecule has 1 fully saturated rings. The van der Waals surface area contributed by atoms with Crippen LogP contribution in [0.4, 0.5) is 5.69 Å². The third-order valence-corrected chi connectivity index (χ3v) is 7.84. The second-order valence-electron chi connectivity index (χ2n) is 10.0. The minimum Gasteiger partial charge on any atom is -0.352 e. The van der Waals surface area contributed by atoms with Crippen LogP contribution in [0, 0.1) is 20.8 Å². The first-order valence-corrected chi connectivity index (χ1v) is 14.5. The van der Waals surface area contributed by atoms with Crippen molar-refractivity contribution in [1.82, 2.24) is 10.2 Å². The number of carbonyl (C=O) groups is 2. The van der Waals surface area contributed by atoms with Crippen LogP contribution in [0.25, 0.3) is 0 Å². The maximum atomic E-state index is 13.8. The average Bonchev–Trinajstić information content (AvgIpc) is 3.28. The van der Waals surface area contributed by atoms with Gasteiger partial charge in [-0.1, -0.05) is 55.7 Å². The molecule has 0 aliphatic heterocycles. The summed E-state index contributed by atoms with van der Waals surface area (Å²) in [5.41, 5.74) is 4.21. The summed E-state index contributed by atoms with van der Waals surface area (Å²) in [5.74, 6) is -0.586. The predicted molar refractivity (Wildman–Crippen MR) is 144 cm³/mol. The summed E-state index contributed by atoms with van der Waals surface area (Å²) in [6.07, 6.45) is 5.61. The minimum absolute atomic E-state index is 0.130. The molecule has 0 heterocycles. The quantitative estimate of drug-likeness (QED) is 0.515. The van der Waals surface area contributed by atoms with Crippen LogP contribution in [0.15, 0.2) is 42.5 Å². The van der Waals surface area contributed by atoms with Gasteiger partial charge in [0.25, 0.3) is 0 Å². The third kappa shape index (κ3) is 7.32. The number of aryl methyl sites for hydroxylation is 3. The van der Waals surface area contributed by atoms with E-state index in [1.807, 2.05) is 58.0 Å². The molecule has 2 aromatic rings. The molecular formula is C28H39N3O4S. The Bertz CT molecular complexity index is 1170. The zero-order valence-electron chi connectivity index (χ0n) is 22.1. The molecule has 2 amide bonds. The van der Waals surface area contributed by atoms with E-state index < -0.39 is 22.0 Å². The summed E-state index contributed by atoms with van der Waals surface area (Å²) in [6.45, 7) is 7.49. The fourth-order valence-electron chi connectivity index (χ4n) is 5.00. The van der Waals surface area contributed by atoms with Gasteiger partial charge >= 0.3 is 0 Å². The third-order valence-electron chi connectivity index (χ3n) is 6.70. The standard InChI is InChI=1S/C28H39N3O4S/c1-6-26(28(33)29-24-12-7-8-13-24)30(18-23-11-9-10-20(2)15-23)27(32)19-31(36(5,34)35)25-16-21(3)14-22(4)17-25/h9-11,14-17,24,26H,6-8,12-13,18-19H2,1-5H3,(H,29,33). The van der Waals surface area contributed by atoms with Gasteiger partial charge in [0.2, 0.25) is 21.8 Å². The lowest BCUT2D eigenvalue weighted by molar-refractivity contribution is -0.140. The lowest BCUT2D eigenvalue weighted by Gasteiger charge is -2.33. The monoisotopic (exact) mass is 513 g/mol. The number of anilines is 1. The highest BCUT2D eigenvalue weighted by Gasteiger charge is 2.33. The van der Waals surface area contributed by atoms with Gasteiger partial charge in [0.15, 0.2) is 0 Å². The molecule has 1 unspecified atom stereocenters. The average molecular weight is 514 g/mol. The van der Waals surface area contributed by atoms with Crippen LogP contribution in [-0.2, 0) is 26.2 Å². The Labute approximate surface area is 215 Å². The zero-order valence-corrected chi connectivity index (χ0v) is 22.9. The number of carbonyl (C=O) groups excluding carboxylic acids is 2. The van der Waals surface area contributed by atoms with Gasteiger partial charge in [-0.2, -0.15) is 0 Å². The highest BCUT2D eigenvalue weighted by Crippen LogP contribution is 2.23. The number of hydrogen-bond donors (Lipinski definition) is 1. The van der Waals surface area contributed by atoms with Gasteiger partial charge in [0, 0.05) is 12.6 Å². The van der Waals surface area contributed by atoms with Crippen LogP contribution in [0.1, 0.15) is 61.3 Å². The first-order chi connectivity index (χ1) is 17.0. The molecule has 8 heteroatoms. The van der Waals surface area contributed by atoms with Crippen molar-refractivity contribution >= 4 is 27.5 Å². The SMILES string of the molecule is CCC(C(=O)NC1CCCC1)N(Cc1cccc(C)c1)C(=O)CN(c1cc(C)cc(C)c1)S(C)(=O)=O. The second-order valence-corrected chi connectivity index (χ2v) is 11.9. The molecule has 7 nitrogen and oxygen atoms in total. The van der Waals surface area contributed by atoms with Crippen molar-refractivity contribution in [3.63, 3.8) is 0 Å². The van der Waals surface area contributed by atoms with Crippen molar-refractivity contribution < 1.29 is 18.0 Å². The molecule has 196 valence electrons. The van der Waals surface area contributed by atoms with Crippen LogP contribution in [-0.4, -0.2) is 50.0 Å². The van der Waals surface area contributed by atoms with Gasteiger partial charge in [-0.3, -0.25) is 13.9 Å². The lowest BCUT2D eigenvalue weighted by Crippen LogP contribution is -2.53. The number of sulfonamides is 1. The molecule has 3 rings (SSSR count). The molecule has 1 saturated carbocycles. The molecule has 0 aromatic heterocycles. The van der Waals surface area contributed by atoms with E-state index >= 15 is 0 Å². The van der Waals surface area contributed by atoms with Crippen molar-refractivity contribution in [2.45, 2.75) is 78.4 Å². The fraction of sp³-hybridized carbons (Fsp3) is 0.500. The van der Waals surface area contributed by atoms with Crippen LogP contribution < -0.4 is 9.62 Å². The molecule has 1 aliphatic carbocycles. The van der Waals surface area contributed by atoms with Crippen LogP contribution in [0.3, 0.4) is 0 Å². The van der Waals surface area contributed by atoms with E-state index in [0.29, 0.717) is 12.1 Å². The Morgan fingerprint density at radius 1 is 1.00 bits per heavy atom. The summed E-state index contributed by atoms with van der Waals surface area (Å²) in [6, 6.07) is 12.7. The molecule has 2 aromatic carbocycles. The van der Waals surface area contributed by atoms with Crippen LogP contribution in [0.5, 0.6) is 0 Å². The van der Waals surface area contributed by atoms with Crippen LogP contribution in [0.2, 0.25) is 0 Å². The van der Waals surface area contributed by atoms with Crippen molar-refractivity contribution in [2.24, 2.45) is 0 Å². The highest BCUT2D eigenvalue weighted by atomic mass is 32.2. The van der Waals surface area contributed by atoms with E-state index in [-0.39, 0.29) is 25.0 Å². The predicted octanol–water partition coefficient (Wildman–Crippen LogP) is 4.24. The second kappa shape index (κ2) is 11.9. The number of amides is 2. The number of nitrogens with one attached hydrogen (secondary N) is 1. The Kier molecular flexibility index (Phi) is 9.17. The number of rotatable bonds is 10. The number of nitrogens with zero attached hydrogens (tertiary/aromatic N) is 2. The molecule has 0 bridgehead atoms. The first-order valence-electron chi connectivity index (χ1n) is 12.7.